The molecule has 0 saturated heterocycles. The molecule has 1 aromatic carbocycles. The maximum Gasteiger partial charge on any atom is 0.326 e. The number of hydrogen-bond donors (Lipinski definition) is 4. The summed E-state index contributed by atoms with van der Waals surface area (Å²) >= 11 is 1.22. The molecule has 1 fully saturated rings. The molecule has 6 N–H and O–H groups in total. The van der Waals surface area contributed by atoms with Crippen molar-refractivity contribution in [2.45, 2.75) is 77.2 Å². The second kappa shape index (κ2) is 13.0. The Morgan fingerprint density at radius 1 is 1.13 bits per heavy atom. The molecular formula is C28H38N4O5S. The van der Waals surface area contributed by atoms with E-state index in [-0.39, 0.29) is 29.3 Å². The first-order valence-corrected chi connectivity index (χ1v) is 13.6. The normalized spacial score (nSPS) is 15.9. The minimum absolute atomic E-state index is 0.00672. The molecule has 9 nitrogen and oxygen atoms in total. The van der Waals surface area contributed by atoms with Crippen molar-refractivity contribution in [2.75, 3.05) is 11.9 Å². The highest BCUT2D eigenvalue weighted by molar-refractivity contribution is 7.20. The summed E-state index contributed by atoms with van der Waals surface area (Å²) in [6.07, 6.45) is 7.55. The van der Waals surface area contributed by atoms with Gasteiger partial charge in [0, 0.05) is 11.4 Å². The number of hydrogen-bond acceptors (Lipinski definition) is 7. The molecule has 2 aromatic rings. The lowest BCUT2D eigenvalue weighted by Gasteiger charge is -2.30. The van der Waals surface area contributed by atoms with E-state index in [1.807, 2.05) is 64.1 Å². The first-order chi connectivity index (χ1) is 17.9. The van der Waals surface area contributed by atoms with E-state index in [0.717, 1.165) is 41.7 Å². The van der Waals surface area contributed by atoms with Crippen molar-refractivity contribution in [3.05, 3.63) is 47.5 Å². The van der Waals surface area contributed by atoms with Crippen LogP contribution in [-0.4, -0.2) is 48.3 Å². The van der Waals surface area contributed by atoms with Crippen molar-refractivity contribution >= 4 is 40.3 Å². The Labute approximate surface area is 227 Å². The smallest absolute Gasteiger partial charge is 0.326 e. The molecule has 1 aromatic heterocycles. The molecule has 1 aliphatic carbocycles. The van der Waals surface area contributed by atoms with Crippen molar-refractivity contribution < 1.29 is 23.9 Å². The van der Waals surface area contributed by atoms with Crippen LogP contribution in [0.4, 0.5) is 9.80 Å². The van der Waals surface area contributed by atoms with E-state index >= 15 is 0 Å². The standard InChI is InChI=1S/C28H38N4O5S/c1-17(37-28(2,3)4)23(26(34)36-20-9-5-6-10-20)31-15-7-8-18-11-13-19(14-12-18)22-16-21(24(29)33)25(38-22)32-27(30)35/h7-8,11-14,16-17,20,23,31H,5-6,9-10,15H2,1-4H3,(H2,29,33)(H3,30,32,35)/t17-,23+/m1/s1. The SMILES string of the molecule is C[C@@H](OC(C)(C)C)[C@H](NCC=Cc1ccc(-c2cc(C(N)=O)c(NC(N)=O)s2)cc1)C(=O)OC1CCCC1. The van der Waals surface area contributed by atoms with E-state index in [2.05, 4.69) is 10.6 Å². The summed E-state index contributed by atoms with van der Waals surface area (Å²) in [4.78, 5) is 36.7. The Bertz CT molecular complexity index is 1150. The molecule has 0 unspecified atom stereocenters. The van der Waals surface area contributed by atoms with Crippen molar-refractivity contribution in [1.82, 2.24) is 5.32 Å². The second-order valence-corrected chi connectivity index (χ2v) is 11.4. The number of nitrogens with two attached hydrogens (primary N) is 2. The number of anilines is 1. The second-order valence-electron chi connectivity index (χ2n) is 10.4. The van der Waals surface area contributed by atoms with Gasteiger partial charge in [0.1, 0.15) is 17.1 Å². The number of rotatable bonds is 11. The molecule has 38 heavy (non-hydrogen) atoms. The van der Waals surface area contributed by atoms with Gasteiger partial charge in [0.25, 0.3) is 5.91 Å². The number of benzene rings is 1. The maximum absolute atomic E-state index is 12.9. The molecule has 206 valence electrons. The summed E-state index contributed by atoms with van der Waals surface area (Å²) in [5, 5.41) is 6.05. The third kappa shape index (κ3) is 8.68. The first-order valence-electron chi connectivity index (χ1n) is 12.8. The molecular weight excluding hydrogens is 504 g/mol. The molecule has 10 heteroatoms. The van der Waals surface area contributed by atoms with Crippen molar-refractivity contribution in [3.8, 4) is 10.4 Å². The fourth-order valence-electron chi connectivity index (χ4n) is 4.38. The predicted molar refractivity (Wildman–Crippen MR) is 151 cm³/mol. The van der Waals surface area contributed by atoms with E-state index in [4.69, 9.17) is 20.9 Å². The lowest BCUT2D eigenvalue weighted by molar-refractivity contribution is -0.158. The number of thiophene rings is 1. The van der Waals surface area contributed by atoms with Crippen molar-refractivity contribution in [1.29, 1.82) is 0 Å². The third-order valence-corrected chi connectivity index (χ3v) is 7.14. The Kier molecular flexibility index (Phi) is 10.1. The van der Waals surface area contributed by atoms with Crippen LogP contribution < -0.4 is 22.1 Å². The fourth-order valence-corrected chi connectivity index (χ4v) is 5.45. The van der Waals surface area contributed by atoms with Gasteiger partial charge >= 0.3 is 12.0 Å². The van der Waals surface area contributed by atoms with Crippen LogP contribution in [0.3, 0.4) is 0 Å². The zero-order valence-electron chi connectivity index (χ0n) is 22.4. The topological polar surface area (TPSA) is 146 Å². The molecule has 3 amide bonds. The lowest BCUT2D eigenvalue weighted by atomic mass is 10.1. The zero-order chi connectivity index (χ0) is 27.9. The Morgan fingerprint density at radius 3 is 2.37 bits per heavy atom. The monoisotopic (exact) mass is 542 g/mol. The highest BCUT2D eigenvalue weighted by atomic mass is 32.1. The minimum Gasteiger partial charge on any atom is -0.461 e. The van der Waals surface area contributed by atoms with Gasteiger partial charge in [-0.25, -0.2) is 4.79 Å². The van der Waals surface area contributed by atoms with Crippen LogP contribution in [-0.2, 0) is 14.3 Å². The van der Waals surface area contributed by atoms with Crippen LogP contribution in [0.2, 0.25) is 0 Å². The van der Waals surface area contributed by atoms with Crippen LogP contribution in [0.25, 0.3) is 16.5 Å². The summed E-state index contributed by atoms with van der Waals surface area (Å²) in [7, 11) is 0. The summed E-state index contributed by atoms with van der Waals surface area (Å²) in [5.74, 6) is -0.918. The molecule has 0 aliphatic heterocycles. The summed E-state index contributed by atoms with van der Waals surface area (Å²) in [6.45, 7) is 8.24. The zero-order valence-corrected chi connectivity index (χ0v) is 23.2. The molecule has 2 atom stereocenters. The van der Waals surface area contributed by atoms with Gasteiger partial charge in [0.2, 0.25) is 0 Å². The van der Waals surface area contributed by atoms with Gasteiger partial charge in [-0.05, 0) is 70.6 Å². The van der Waals surface area contributed by atoms with Gasteiger partial charge in [-0.3, -0.25) is 20.2 Å². The number of esters is 1. The van der Waals surface area contributed by atoms with Gasteiger partial charge < -0.3 is 20.9 Å². The van der Waals surface area contributed by atoms with Crippen LogP contribution in [0.5, 0.6) is 0 Å². The average Bonchev–Trinajstić information content (AvgIpc) is 3.48. The molecule has 0 spiro atoms. The van der Waals surface area contributed by atoms with E-state index < -0.39 is 18.0 Å². The van der Waals surface area contributed by atoms with Crippen molar-refractivity contribution in [3.63, 3.8) is 0 Å². The number of amides is 3. The fraction of sp³-hybridized carbons (Fsp3) is 0.464. The number of carbonyl (C=O) groups excluding carboxylic acids is 3. The summed E-state index contributed by atoms with van der Waals surface area (Å²) in [5.41, 5.74) is 12.3. The van der Waals surface area contributed by atoms with Crippen LogP contribution >= 0.6 is 11.3 Å². The van der Waals surface area contributed by atoms with Gasteiger partial charge in [0.15, 0.2) is 0 Å². The summed E-state index contributed by atoms with van der Waals surface area (Å²) < 4.78 is 11.8. The quantitative estimate of drug-likeness (QED) is 0.304. The Hall–Kier alpha value is -3.21. The molecule has 1 heterocycles. The van der Waals surface area contributed by atoms with Crippen LogP contribution in [0, 0.1) is 0 Å². The van der Waals surface area contributed by atoms with Gasteiger partial charge in [-0.1, -0.05) is 36.4 Å². The van der Waals surface area contributed by atoms with Crippen LogP contribution in [0.1, 0.15) is 69.3 Å². The average molecular weight is 543 g/mol. The lowest BCUT2D eigenvalue weighted by Crippen LogP contribution is -2.49. The number of urea groups is 1. The number of ether oxygens (including phenoxy) is 2. The maximum atomic E-state index is 12.9. The molecule has 3 rings (SSSR count). The first kappa shape index (κ1) is 29.3. The summed E-state index contributed by atoms with van der Waals surface area (Å²) in [6, 6.07) is 8.00. The molecule has 1 saturated carbocycles. The van der Waals surface area contributed by atoms with E-state index in [9.17, 15) is 14.4 Å². The van der Waals surface area contributed by atoms with Crippen LogP contribution in [0.15, 0.2) is 36.4 Å². The highest BCUT2D eigenvalue weighted by Gasteiger charge is 2.32. The number of nitrogens with one attached hydrogen (secondary N) is 2. The number of carbonyl (C=O) groups is 3. The highest BCUT2D eigenvalue weighted by Crippen LogP contribution is 2.35. The predicted octanol–water partition coefficient (Wildman–Crippen LogP) is 4.67. The molecule has 0 bridgehead atoms. The molecule has 0 radical (unpaired) electrons. The third-order valence-electron chi connectivity index (χ3n) is 6.04. The molecule has 1 aliphatic rings. The van der Waals surface area contributed by atoms with Gasteiger partial charge in [-0.15, -0.1) is 11.3 Å². The van der Waals surface area contributed by atoms with E-state index in [0.29, 0.717) is 11.5 Å². The number of primary amides is 2. The Balaban J connectivity index is 1.63. The largest absolute Gasteiger partial charge is 0.461 e. The van der Waals surface area contributed by atoms with E-state index in [1.165, 1.54) is 11.3 Å². The minimum atomic E-state index is -0.761. The van der Waals surface area contributed by atoms with Gasteiger partial charge in [0.05, 0.1) is 17.3 Å². The Morgan fingerprint density at radius 2 is 1.79 bits per heavy atom. The van der Waals surface area contributed by atoms with Gasteiger partial charge in [-0.2, -0.15) is 0 Å². The van der Waals surface area contributed by atoms with Crippen molar-refractivity contribution in [2.24, 2.45) is 11.5 Å². The van der Waals surface area contributed by atoms with E-state index in [1.54, 1.807) is 6.07 Å².